The molecule has 9 heteroatoms. The fourth-order valence-corrected chi connectivity index (χ4v) is 3.26. The van der Waals surface area contributed by atoms with E-state index in [1.165, 1.54) is 18.2 Å². The number of amides is 1. The highest BCUT2D eigenvalue weighted by molar-refractivity contribution is 5.89. The number of hydrogen-bond donors (Lipinski definition) is 0. The number of carbonyl (C=O) groups is 2. The standard InChI is InChI=1S/C23H23F3N2O4/c1-31-20-8-6-19(7-9-20)27-11-13-28(14-12-27)21(29)16-32-22(30)10-5-17-3-2-4-18(15-17)23(24,25)26/h2-10,15H,11-14,16H2,1H3/b10-5+. The molecule has 0 unspecified atom stereocenters. The molecule has 2 aromatic carbocycles. The third-order valence-corrected chi connectivity index (χ3v) is 5.03. The predicted octanol–water partition coefficient (Wildman–Crippen LogP) is 3.62. The summed E-state index contributed by atoms with van der Waals surface area (Å²) in [5.41, 5.74) is 0.429. The van der Waals surface area contributed by atoms with Crippen molar-refractivity contribution < 1.29 is 32.2 Å². The van der Waals surface area contributed by atoms with Gasteiger partial charge in [0.2, 0.25) is 0 Å². The summed E-state index contributed by atoms with van der Waals surface area (Å²) < 4.78 is 48.3. The van der Waals surface area contributed by atoms with E-state index in [0.717, 1.165) is 29.6 Å². The number of anilines is 1. The second-order valence-corrected chi connectivity index (χ2v) is 7.13. The number of ether oxygens (including phenoxy) is 2. The van der Waals surface area contributed by atoms with Crippen molar-refractivity contribution in [2.24, 2.45) is 0 Å². The Bertz CT molecular complexity index is 966. The maximum Gasteiger partial charge on any atom is 0.416 e. The molecule has 1 aliphatic heterocycles. The Labute approximate surface area is 183 Å². The Balaban J connectivity index is 1.44. The number of piperazine rings is 1. The number of alkyl halides is 3. The van der Waals surface area contributed by atoms with Crippen LogP contribution < -0.4 is 9.64 Å². The molecule has 1 saturated heterocycles. The second kappa shape index (κ2) is 10.2. The van der Waals surface area contributed by atoms with Gasteiger partial charge in [-0.25, -0.2) is 4.79 Å². The number of rotatable bonds is 6. The summed E-state index contributed by atoms with van der Waals surface area (Å²) in [7, 11) is 1.60. The molecule has 1 aliphatic rings. The molecular formula is C23H23F3N2O4. The van der Waals surface area contributed by atoms with Crippen LogP contribution in [0.1, 0.15) is 11.1 Å². The summed E-state index contributed by atoms with van der Waals surface area (Å²) in [5, 5.41) is 0. The number of carbonyl (C=O) groups excluding carboxylic acids is 2. The van der Waals surface area contributed by atoms with E-state index in [1.807, 2.05) is 24.3 Å². The summed E-state index contributed by atoms with van der Waals surface area (Å²) in [6.45, 7) is 1.84. The highest BCUT2D eigenvalue weighted by atomic mass is 19.4. The van der Waals surface area contributed by atoms with E-state index in [4.69, 9.17) is 9.47 Å². The molecule has 0 atom stereocenters. The molecule has 0 aliphatic carbocycles. The summed E-state index contributed by atoms with van der Waals surface area (Å²) in [5.74, 6) is -0.348. The van der Waals surface area contributed by atoms with E-state index in [0.29, 0.717) is 26.2 Å². The largest absolute Gasteiger partial charge is 0.497 e. The van der Waals surface area contributed by atoms with E-state index in [1.54, 1.807) is 12.0 Å². The van der Waals surface area contributed by atoms with Gasteiger partial charge in [-0.2, -0.15) is 13.2 Å². The second-order valence-electron chi connectivity index (χ2n) is 7.13. The van der Waals surface area contributed by atoms with E-state index >= 15 is 0 Å². The van der Waals surface area contributed by atoms with E-state index in [9.17, 15) is 22.8 Å². The average molecular weight is 448 g/mol. The lowest BCUT2D eigenvalue weighted by Crippen LogP contribution is -2.49. The molecule has 3 rings (SSSR count). The highest BCUT2D eigenvalue weighted by Crippen LogP contribution is 2.29. The average Bonchev–Trinajstić information content (AvgIpc) is 2.81. The van der Waals surface area contributed by atoms with Crippen molar-refractivity contribution in [1.29, 1.82) is 0 Å². The first kappa shape index (κ1) is 23.2. The first-order chi connectivity index (χ1) is 15.3. The van der Waals surface area contributed by atoms with E-state index in [2.05, 4.69) is 4.90 Å². The Morgan fingerprint density at radius 3 is 2.34 bits per heavy atom. The van der Waals surface area contributed by atoms with Gasteiger partial charge in [0.25, 0.3) is 5.91 Å². The van der Waals surface area contributed by atoms with Crippen molar-refractivity contribution >= 4 is 23.6 Å². The zero-order valence-corrected chi connectivity index (χ0v) is 17.5. The molecule has 1 amide bonds. The maximum atomic E-state index is 12.7. The molecule has 0 spiro atoms. The van der Waals surface area contributed by atoms with Gasteiger partial charge in [0.05, 0.1) is 12.7 Å². The predicted molar refractivity (Wildman–Crippen MR) is 113 cm³/mol. The highest BCUT2D eigenvalue weighted by Gasteiger charge is 2.30. The van der Waals surface area contributed by atoms with Crippen molar-refractivity contribution in [3.63, 3.8) is 0 Å². The normalized spacial score (nSPS) is 14.5. The van der Waals surface area contributed by atoms with Gasteiger partial charge < -0.3 is 19.3 Å². The fraction of sp³-hybridized carbons (Fsp3) is 0.304. The van der Waals surface area contributed by atoms with Gasteiger partial charge in [-0.1, -0.05) is 12.1 Å². The first-order valence-electron chi connectivity index (χ1n) is 9.95. The molecule has 0 aromatic heterocycles. The molecule has 170 valence electrons. The van der Waals surface area contributed by atoms with E-state index < -0.39 is 24.3 Å². The Morgan fingerprint density at radius 2 is 1.72 bits per heavy atom. The summed E-state index contributed by atoms with van der Waals surface area (Å²) in [4.78, 5) is 27.9. The molecule has 0 N–H and O–H groups in total. The van der Waals surface area contributed by atoms with Crippen molar-refractivity contribution in [1.82, 2.24) is 4.90 Å². The van der Waals surface area contributed by atoms with Crippen LogP contribution in [0, 0.1) is 0 Å². The molecule has 0 saturated carbocycles. The topological polar surface area (TPSA) is 59.1 Å². The third kappa shape index (κ3) is 6.26. The third-order valence-electron chi connectivity index (χ3n) is 5.03. The smallest absolute Gasteiger partial charge is 0.416 e. The number of halogens is 3. The lowest BCUT2D eigenvalue weighted by molar-refractivity contribution is -0.148. The van der Waals surface area contributed by atoms with Crippen LogP contribution in [-0.4, -0.2) is 56.7 Å². The van der Waals surface area contributed by atoms with Crippen LogP contribution in [0.5, 0.6) is 5.75 Å². The monoisotopic (exact) mass is 448 g/mol. The van der Waals surface area contributed by atoms with Gasteiger partial charge >= 0.3 is 12.1 Å². The lowest BCUT2D eigenvalue weighted by atomic mass is 10.1. The van der Waals surface area contributed by atoms with Crippen molar-refractivity contribution in [3.05, 3.63) is 65.7 Å². The van der Waals surface area contributed by atoms with Crippen LogP contribution in [0.2, 0.25) is 0 Å². The fourth-order valence-electron chi connectivity index (χ4n) is 3.26. The van der Waals surface area contributed by atoms with Gasteiger partial charge in [0.1, 0.15) is 5.75 Å². The maximum absolute atomic E-state index is 12.7. The molecule has 1 heterocycles. The number of methoxy groups -OCH3 is 1. The zero-order valence-electron chi connectivity index (χ0n) is 17.5. The van der Waals surface area contributed by atoms with Gasteiger partial charge in [-0.3, -0.25) is 4.79 Å². The Morgan fingerprint density at radius 1 is 1.03 bits per heavy atom. The summed E-state index contributed by atoms with van der Waals surface area (Å²) in [6, 6.07) is 12.2. The zero-order chi connectivity index (χ0) is 23.1. The number of esters is 1. The molecule has 0 bridgehead atoms. The van der Waals surface area contributed by atoms with Crippen LogP contribution >= 0.6 is 0 Å². The molecule has 2 aromatic rings. The summed E-state index contributed by atoms with van der Waals surface area (Å²) >= 11 is 0. The lowest BCUT2D eigenvalue weighted by Gasteiger charge is -2.36. The Kier molecular flexibility index (Phi) is 7.40. The molecule has 1 fully saturated rings. The van der Waals surface area contributed by atoms with Crippen molar-refractivity contribution in [2.45, 2.75) is 6.18 Å². The van der Waals surface area contributed by atoms with Gasteiger partial charge in [0.15, 0.2) is 6.61 Å². The minimum atomic E-state index is -4.46. The minimum Gasteiger partial charge on any atom is -0.497 e. The van der Waals surface area contributed by atoms with E-state index in [-0.39, 0.29) is 11.5 Å². The number of benzene rings is 2. The van der Waals surface area contributed by atoms with Crippen molar-refractivity contribution in [3.8, 4) is 5.75 Å². The van der Waals surface area contributed by atoms with Crippen LogP contribution in [-0.2, 0) is 20.5 Å². The van der Waals surface area contributed by atoms with Crippen LogP contribution in [0.25, 0.3) is 6.08 Å². The van der Waals surface area contributed by atoms with Crippen LogP contribution in [0.3, 0.4) is 0 Å². The van der Waals surface area contributed by atoms with Gasteiger partial charge in [-0.15, -0.1) is 0 Å². The number of hydrogen-bond acceptors (Lipinski definition) is 5. The van der Waals surface area contributed by atoms with Gasteiger partial charge in [0, 0.05) is 37.9 Å². The van der Waals surface area contributed by atoms with Crippen LogP contribution in [0.4, 0.5) is 18.9 Å². The SMILES string of the molecule is COc1ccc(N2CCN(C(=O)COC(=O)/C=C/c3cccc(C(F)(F)F)c3)CC2)cc1. The minimum absolute atomic E-state index is 0.206. The van der Waals surface area contributed by atoms with Crippen molar-refractivity contribution in [2.75, 3.05) is 44.8 Å². The summed E-state index contributed by atoms with van der Waals surface area (Å²) in [6.07, 6.45) is -2.24. The molecular weight excluding hydrogens is 425 g/mol. The van der Waals surface area contributed by atoms with Gasteiger partial charge in [-0.05, 0) is 48.0 Å². The Hall–Kier alpha value is -3.49. The molecule has 0 radical (unpaired) electrons. The molecule has 6 nitrogen and oxygen atoms in total. The quantitative estimate of drug-likeness (QED) is 0.499. The molecule has 32 heavy (non-hydrogen) atoms. The first-order valence-corrected chi connectivity index (χ1v) is 9.95. The van der Waals surface area contributed by atoms with Crippen LogP contribution in [0.15, 0.2) is 54.6 Å². The number of nitrogens with zero attached hydrogens (tertiary/aromatic N) is 2.